The van der Waals surface area contributed by atoms with Crippen LogP contribution in [0.4, 0.5) is 8.78 Å². The summed E-state index contributed by atoms with van der Waals surface area (Å²) >= 11 is 11.8. The van der Waals surface area contributed by atoms with E-state index in [2.05, 4.69) is 10.1 Å². The third-order valence-electron chi connectivity index (χ3n) is 2.97. The number of halogens is 4. The number of hydrogen-bond donors (Lipinski definition) is 1. The number of amides is 1. The predicted octanol–water partition coefficient (Wildman–Crippen LogP) is 4.57. The Bertz CT molecular complexity index is 675. The smallest absolute Gasteiger partial charge is 0.387 e. The number of ether oxygens (including phenoxy) is 1. The maximum Gasteiger partial charge on any atom is 0.387 e. The fraction of sp³-hybridized carbons (Fsp3) is 0.188. The molecule has 0 atom stereocenters. The topological polar surface area (TPSA) is 38.3 Å². The summed E-state index contributed by atoms with van der Waals surface area (Å²) in [7, 11) is 0. The minimum absolute atomic E-state index is 0.0527. The van der Waals surface area contributed by atoms with E-state index >= 15 is 0 Å². The summed E-state index contributed by atoms with van der Waals surface area (Å²) in [4.78, 5) is 12.1. The predicted molar refractivity (Wildman–Crippen MR) is 85.6 cm³/mol. The van der Waals surface area contributed by atoms with Crippen molar-refractivity contribution in [2.24, 2.45) is 0 Å². The monoisotopic (exact) mass is 359 g/mol. The second-order valence-corrected chi connectivity index (χ2v) is 5.53. The minimum atomic E-state index is -2.99. The molecule has 2 aromatic rings. The van der Waals surface area contributed by atoms with Gasteiger partial charge in [0.2, 0.25) is 0 Å². The normalized spacial score (nSPS) is 10.7. The first-order valence-corrected chi connectivity index (χ1v) is 7.48. The van der Waals surface area contributed by atoms with Crippen LogP contribution in [-0.2, 0) is 6.42 Å². The maximum absolute atomic E-state index is 12.3. The van der Waals surface area contributed by atoms with E-state index in [4.69, 9.17) is 23.2 Å². The van der Waals surface area contributed by atoms with Gasteiger partial charge in [0.15, 0.2) is 0 Å². The van der Waals surface area contributed by atoms with Crippen LogP contribution in [0.5, 0.6) is 5.75 Å². The summed E-state index contributed by atoms with van der Waals surface area (Å²) < 4.78 is 29.0. The molecule has 0 aliphatic heterocycles. The highest BCUT2D eigenvalue weighted by atomic mass is 35.5. The molecular weight excluding hydrogens is 347 g/mol. The first kappa shape index (κ1) is 17.5. The van der Waals surface area contributed by atoms with Gasteiger partial charge >= 0.3 is 6.61 Å². The molecule has 0 aliphatic rings. The zero-order chi connectivity index (χ0) is 16.8. The molecule has 7 heteroatoms. The molecule has 2 rings (SSSR count). The summed E-state index contributed by atoms with van der Waals surface area (Å²) in [5.74, 6) is -0.653. The quantitative estimate of drug-likeness (QED) is 0.820. The van der Waals surface area contributed by atoms with Crippen LogP contribution < -0.4 is 10.1 Å². The van der Waals surface area contributed by atoms with Crippen LogP contribution in [0.15, 0.2) is 42.5 Å². The molecule has 1 amide bonds. The van der Waals surface area contributed by atoms with Crippen LogP contribution >= 0.6 is 23.2 Å². The molecule has 0 radical (unpaired) electrons. The zero-order valence-corrected chi connectivity index (χ0v) is 13.4. The Morgan fingerprint density at radius 1 is 1.13 bits per heavy atom. The maximum atomic E-state index is 12.3. The second kappa shape index (κ2) is 8.13. The lowest BCUT2D eigenvalue weighted by Gasteiger charge is -2.11. The fourth-order valence-electron chi connectivity index (χ4n) is 2.02. The summed E-state index contributed by atoms with van der Waals surface area (Å²) in [6.45, 7) is -2.68. The molecule has 1 N–H and O–H groups in total. The number of nitrogens with one attached hydrogen (secondary N) is 1. The van der Waals surface area contributed by atoms with E-state index in [0.717, 1.165) is 5.56 Å². The van der Waals surface area contributed by atoms with Gasteiger partial charge in [0, 0.05) is 16.6 Å². The van der Waals surface area contributed by atoms with Crippen molar-refractivity contribution in [2.45, 2.75) is 13.0 Å². The van der Waals surface area contributed by atoms with Crippen LogP contribution in [0.1, 0.15) is 15.9 Å². The van der Waals surface area contributed by atoms with Crippen molar-refractivity contribution in [2.75, 3.05) is 6.54 Å². The average Bonchev–Trinajstić information content (AvgIpc) is 2.46. The molecule has 0 saturated heterocycles. The van der Waals surface area contributed by atoms with E-state index < -0.39 is 12.5 Å². The van der Waals surface area contributed by atoms with E-state index in [1.807, 2.05) is 0 Å². The largest absolute Gasteiger partial charge is 0.434 e. The molecule has 0 aromatic heterocycles. The molecule has 0 saturated carbocycles. The lowest BCUT2D eigenvalue weighted by atomic mass is 10.1. The Morgan fingerprint density at radius 3 is 2.43 bits per heavy atom. The molecule has 0 aliphatic carbocycles. The van der Waals surface area contributed by atoms with E-state index in [0.29, 0.717) is 23.0 Å². The van der Waals surface area contributed by atoms with Crippen molar-refractivity contribution in [1.29, 1.82) is 0 Å². The van der Waals surface area contributed by atoms with Crippen LogP contribution in [0.25, 0.3) is 0 Å². The lowest BCUT2D eigenvalue weighted by molar-refractivity contribution is -0.0501. The Kier molecular flexibility index (Phi) is 6.19. The number of benzene rings is 2. The molecular formula is C16H13Cl2F2NO2. The first-order chi connectivity index (χ1) is 11.0. The Morgan fingerprint density at radius 2 is 1.78 bits per heavy atom. The highest BCUT2D eigenvalue weighted by molar-refractivity contribution is 6.34. The summed E-state index contributed by atoms with van der Waals surface area (Å²) in [6.07, 6.45) is 0.504. The lowest BCUT2D eigenvalue weighted by Crippen LogP contribution is -2.26. The molecule has 0 unspecified atom stereocenters. The fourth-order valence-corrected chi connectivity index (χ4v) is 2.60. The highest BCUT2D eigenvalue weighted by Gasteiger charge is 2.14. The third kappa shape index (κ3) is 5.37. The molecule has 122 valence electrons. The number of carbonyl (C=O) groups is 1. The number of para-hydroxylation sites is 1. The molecule has 3 nitrogen and oxygen atoms in total. The third-order valence-corrected chi connectivity index (χ3v) is 3.41. The van der Waals surface area contributed by atoms with Crippen LogP contribution in [0, 0.1) is 0 Å². The van der Waals surface area contributed by atoms with Crippen LogP contribution in [0.3, 0.4) is 0 Å². The number of hydrogen-bond acceptors (Lipinski definition) is 2. The first-order valence-electron chi connectivity index (χ1n) is 6.72. The van der Waals surface area contributed by atoms with Gasteiger partial charge in [-0.15, -0.1) is 0 Å². The highest BCUT2D eigenvalue weighted by Crippen LogP contribution is 2.21. The van der Waals surface area contributed by atoms with Crippen molar-refractivity contribution in [3.05, 3.63) is 63.6 Å². The summed E-state index contributed by atoms with van der Waals surface area (Å²) in [6, 6.07) is 10.9. The van der Waals surface area contributed by atoms with Gasteiger partial charge in [-0.2, -0.15) is 8.78 Å². The van der Waals surface area contributed by atoms with Crippen molar-refractivity contribution in [3.8, 4) is 5.75 Å². The molecule has 0 spiro atoms. The minimum Gasteiger partial charge on any atom is -0.434 e. The zero-order valence-electron chi connectivity index (χ0n) is 11.9. The van der Waals surface area contributed by atoms with Gasteiger partial charge in [0.25, 0.3) is 5.91 Å². The van der Waals surface area contributed by atoms with Crippen molar-refractivity contribution < 1.29 is 18.3 Å². The van der Waals surface area contributed by atoms with Gasteiger partial charge < -0.3 is 10.1 Å². The average molecular weight is 360 g/mol. The standard InChI is InChI=1S/C16H13Cl2F2NO2/c17-11-7-10(8-12(18)9-11)5-6-21-15(22)13-3-1-2-4-14(13)23-16(19)20/h1-4,7-9,16H,5-6H2,(H,21,22). The second-order valence-electron chi connectivity index (χ2n) is 4.66. The van der Waals surface area contributed by atoms with E-state index in [9.17, 15) is 13.6 Å². The van der Waals surface area contributed by atoms with Crippen molar-refractivity contribution in [3.63, 3.8) is 0 Å². The van der Waals surface area contributed by atoms with E-state index in [1.54, 1.807) is 24.3 Å². The van der Waals surface area contributed by atoms with Gasteiger partial charge in [-0.25, -0.2) is 0 Å². The molecule has 23 heavy (non-hydrogen) atoms. The van der Waals surface area contributed by atoms with Crippen LogP contribution in [0.2, 0.25) is 10.0 Å². The Balaban J connectivity index is 1.97. The summed E-state index contributed by atoms with van der Waals surface area (Å²) in [5.41, 5.74) is 0.914. The molecule has 0 fully saturated rings. The van der Waals surface area contributed by atoms with Gasteiger partial charge in [0.1, 0.15) is 5.75 Å². The van der Waals surface area contributed by atoms with Gasteiger partial charge in [-0.1, -0.05) is 35.3 Å². The Hall–Kier alpha value is -1.85. The van der Waals surface area contributed by atoms with E-state index in [-0.39, 0.29) is 11.3 Å². The van der Waals surface area contributed by atoms with Gasteiger partial charge in [-0.3, -0.25) is 4.79 Å². The Labute approximate surface area is 142 Å². The van der Waals surface area contributed by atoms with Gasteiger partial charge in [-0.05, 0) is 42.3 Å². The number of carbonyl (C=O) groups excluding carboxylic acids is 1. The van der Waals surface area contributed by atoms with Crippen molar-refractivity contribution >= 4 is 29.1 Å². The van der Waals surface area contributed by atoms with Crippen molar-refractivity contribution in [1.82, 2.24) is 5.32 Å². The van der Waals surface area contributed by atoms with Gasteiger partial charge in [0.05, 0.1) is 5.56 Å². The molecule has 2 aromatic carbocycles. The number of rotatable bonds is 6. The SMILES string of the molecule is O=C(NCCc1cc(Cl)cc(Cl)c1)c1ccccc1OC(F)F. The van der Waals surface area contributed by atoms with E-state index in [1.165, 1.54) is 18.2 Å². The van der Waals surface area contributed by atoms with Crippen LogP contribution in [-0.4, -0.2) is 19.1 Å². The number of alkyl halides is 2. The summed E-state index contributed by atoms with van der Waals surface area (Å²) in [5, 5.41) is 3.67. The molecule has 0 bridgehead atoms. The molecule has 0 heterocycles.